The zero-order valence-corrected chi connectivity index (χ0v) is 8.29. The standard InChI is InChI=1S/C6H4N2O3.C3H6N2/c1-3-9-5(7-1)11-6-8-2-4-10-6;1-2-4-5-3-1/h1-4H;1-2,4-5H,3H2. The third-order valence-electron chi connectivity index (χ3n) is 1.52. The number of oxazole rings is 2. The van der Waals surface area contributed by atoms with Crippen LogP contribution in [0.5, 0.6) is 12.2 Å². The molecule has 2 aromatic rings. The van der Waals surface area contributed by atoms with Crippen LogP contribution in [0.1, 0.15) is 0 Å². The first kappa shape index (κ1) is 10.2. The number of rotatable bonds is 2. The van der Waals surface area contributed by atoms with Crippen LogP contribution < -0.4 is 15.6 Å². The van der Waals surface area contributed by atoms with Crippen molar-refractivity contribution in [2.75, 3.05) is 6.54 Å². The van der Waals surface area contributed by atoms with E-state index < -0.39 is 0 Å². The molecule has 0 saturated carbocycles. The monoisotopic (exact) mass is 222 g/mol. The number of nitrogens with zero attached hydrogens (tertiary/aromatic N) is 2. The van der Waals surface area contributed by atoms with Crippen molar-refractivity contribution in [3.8, 4) is 12.2 Å². The van der Waals surface area contributed by atoms with Gasteiger partial charge in [-0.1, -0.05) is 6.08 Å². The average Bonchev–Trinajstić information content (AvgIpc) is 3.05. The van der Waals surface area contributed by atoms with Crippen LogP contribution in [0.25, 0.3) is 0 Å². The van der Waals surface area contributed by atoms with Crippen molar-refractivity contribution in [3.05, 3.63) is 37.2 Å². The quantitative estimate of drug-likeness (QED) is 0.785. The van der Waals surface area contributed by atoms with Gasteiger partial charge in [0, 0.05) is 12.7 Å². The molecule has 1 aliphatic heterocycles. The van der Waals surface area contributed by atoms with Crippen LogP contribution in [0.15, 0.2) is 46.0 Å². The molecule has 84 valence electrons. The third kappa shape index (κ3) is 3.14. The molecule has 0 fully saturated rings. The lowest BCUT2D eigenvalue weighted by Gasteiger charge is -1.89. The highest BCUT2D eigenvalue weighted by molar-refractivity contribution is 4.96. The Morgan fingerprint density at radius 3 is 2.12 bits per heavy atom. The van der Waals surface area contributed by atoms with Gasteiger partial charge in [-0.2, -0.15) is 9.97 Å². The Labute approximate surface area is 91.1 Å². The fourth-order valence-corrected chi connectivity index (χ4v) is 0.891. The molecule has 16 heavy (non-hydrogen) atoms. The van der Waals surface area contributed by atoms with Gasteiger partial charge in [0.15, 0.2) is 0 Å². The van der Waals surface area contributed by atoms with Crippen LogP contribution in [-0.2, 0) is 0 Å². The molecular formula is C9H10N4O3. The maximum absolute atomic E-state index is 4.90. The van der Waals surface area contributed by atoms with Crippen molar-refractivity contribution in [1.29, 1.82) is 0 Å². The minimum atomic E-state index is 0.118. The first-order valence-corrected chi connectivity index (χ1v) is 4.55. The van der Waals surface area contributed by atoms with Crippen molar-refractivity contribution in [2.24, 2.45) is 0 Å². The molecule has 2 aromatic heterocycles. The van der Waals surface area contributed by atoms with Gasteiger partial charge in [-0.05, 0) is 0 Å². The summed E-state index contributed by atoms with van der Waals surface area (Å²) < 4.78 is 14.4. The van der Waals surface area contributed by atoms with E-state index in [4.69, 9.17) is 13.6 Å². The molecule has 0 spiro atoms. The number of ether oxygens (including phenoxy) is 1. The van der Waals surface area contributed by atoms with Gasteiger partial charge in [0.05, 0.1) is 12.4 Å². The van der Waals surface area contributed by atoms with Crippen LogP contribution in [0, 0.1) is 0 Å². The molecule has 1 aliphatic rings. The highest BCUT2D eigenvalue weighted by atomic mass is 16.7. The number of hydrogen-bond donors (Lipinski definition) is 2. The molecule has 0 atom stereocenters. The minimum absolute atomic E-state index is 0.118. The zero-order valence-electron chi connectivity index (χ0n) is 8.29. The van der Waals surface area contributed by atoms with Crippen LogP contribution in [-0.4, -0.2) is 16.5 Å². The second-order valence-electron chi connectivity index (χ2n) is 2.63. The van der Waals surface area contributed by atoms with Crippen LogP contribution in [0.3, 0.4) is 0 Å². The Balaban J connectivity index is 0.000000162. The van der Waals surface area contributed by atoms with Crippen LogP contribution in [0.2, 0.25) is 0 Å². The maximum atomic E-state index is 4.90. The van der Waals surface area contributed by atoms with Crippen molar-refractivity contribution in [2.45, 2.75) is 0 Å². The van der Waals surface area contributed by atoms with E-state index in [9.17, 15) is 0 Å². The van der Waals surface area contributed by atoms with Gasteiger partial charge in [0.25, 0.3) is 0 Å². The first-order valence-electron chi connectivity index (χ1n) is 4.55. The normalized spacial score (nSPS) is 12.8. The van der Waals surface area contributed by atoms with E-state index in [1.807, 2.05) is 12.3 Å². The lowest BCUT2D eigenvalue weighted by molar-refractivity contribution is 0.257. The summed E-state index contributed by atoms with van der Waals surface area (Å²) in [4.78, 5) is 7.40. The van der Waals surface area contributed by atoms with Gasteiger partial charge >= 0.3 is 12.2 Å². The Morgan fingerprint density at radius 1 is 1.12 bits per heavy atom. The van der Waals surface area contributed by atoms with E-state index in [-0.39, 0.29) is 12.2 Å². The summed E-state index contributed by atoms with van der Waals surface area (Å²) in [5, 5.41) is 0. The van der Waals surface area contributed by atoms with E-state index in [1.165, 1.54) is 24.9 Å². The molecule has 0 amide bonds. The summed E-state index contributed by atoms with van der Waals surface area (Å²) in [5.41, 5.74) is 5.65. The summed E-state index contributed by atoms with van der Waals surface area (Å²) in [6, 6.07) is 0. The molecule has 0 radical (unpaired) electrons. The molecule has 0 aliphatic carbocycles. The largest absolute Gasteiger partial charge is 0.417 e. The minimum Gasteiger partial charge on any atom is -0.417 e. The maximum Gasteiger partial charge on any atom is 0.402 e. The van der Waals surface area contributed by atoms with Crippen molar-refractivity contribution < 1.29 is 13.6 Å². The number of aromatic nitrogens is 2. The van der Waals surface area contributed by atoms with Gasteiger partial charge < -0.3 is 19.0 Å². The summed E-state index contributed by atoms with van der Waals surface area (Å²) in [6.45, 7) is 0.958. The molecular weight excluding hydrogens is 212 g/mol. The third-order valence-corrected chi connectivity index (χ3v) is 1.52. The SMILES string of the molecule is C1=CNNC1.c1coc(Oc2ncco2)n1. The van der Waals surface area contributed by atoms with E-state index in [1.54, 1.807) is 0 Å². The molecule has 7 nitrogen and oxygen atoms in total. The lowest BCUT2D eigenvalue weighted by Crippen LogP contribution is -2.19. The van der Waals surface area contributed by atoms with Gasteiger partial charge in [0.1, 0.15) is 12.5 Å². The van der Waals surface area contributed by atoms with Crippen LogP contribution in [0.4, 0.5) is 0 Å². The summed E-state index contributed by atoms with van der Waals surface area (Å²) in [5.74, 6) is 0. The first-order chi connectivity index (χ1) is 7.95. The van der Waals surface area contributed by atoms with Crippen LogP contribution >= 0.6 is 0 Å². The van der Waals surface area contributed by atoms with Crippen molar-refractivity contribution >= 4 is 0 Å². The molecule has 0 bridgehead atoms. The molecule has 3 heterocycles. The van der Waals surface area contributed by atoms with E-state index in [0.717, 1.165) is 6.54 Å². The number of hydrogen-bond acceptors (Lipinski definition) is 7. The summed E-state index contributed by atoms with van der Waals surface area (Å²) >= 11 is 0. The highest BCUT2D eigenvalue weighted by Crippen LogP contribution is 2.15. The molecule has 2 N–H and O–H groups in total. The van der Waals surface area contributed by atoms with E-state index >= 15 is 0 Å². The van der Waals surface area contributed by atoms with Gasteiger partial charge in [-0.15, -0.1) is 0 Å². The number of nitrogens with one attached hydrogen (secondary N) is 2. The summed E-state index contributed by atoms with van der Waals surface area (Å²) in [6.07, 6.45) is 9.87. The van der Waals surface area contributed by atoms with Crippen molar-refractivity contribution in [1.82, 2.24) is 20.8 Å². The smallest absolute Gasteiger partial charge is 0.402 e. The van der Waals surface area contributed by atoms with E-state index in [0.29, 0.717) is 0 Å². The fourth-order valence-electron chi connectivity index (χ4n) is 0.891. The molecule has 0 aromatic carbocycles. The number of hydrazine groups is 1. The van der Waals surface area contributed by atoms with E-state index in [2.05, 4.69) is 20.8 Å². The summed E-state index contributed by atoms with van der Waals surface area (Å²) in [7, 11) is 0. The second-order valence-corrected chi connectivity index (χ2v) is 2.63. The topological polar surface area (TPSA) is 85.4 Å². The Bertz CT molecular complexity index is 372. The Kier molecular flexibility index (Phi) is 3.56. The average molecular weight is 222 g/mol. The van der Waals surface area contributed by atoms with Crippen molar-refractivity contribution in [3.63, 3.8) is 0 Å². The lowest BCUT2D eigenvalue weighted by atomic mass is 10.7. The van der Waals surface area contributed by atoms with Gasteiger partial charge in [0.2, 0.25) is 0 Å². The highest BCUT2D eigenvalue weighted by Gasteiger charge is 2.03. The molecule has 0 unspecified atom stereocenters. The predicted molar refractivity (Wildman–Crippen MR) is 53.4 cm³/mol. The van der Waals surface area contributed by atoms with Gasteiger partial charge in [-0.3, -0.25) is 0 Å². The predicted octanol–water partition coefficient (Wildman–Crippen LogP) is 1.06. The van der Waals surface area contributed by atoms with Gasteiger partial charge in [-0.25, -0.2) is 5.43 Å². The zero-order chi connectivity index (χ0) is 11.1. The second kappa shape index (κ2) is 5.56. The Hall–Kier alpha value is -2.28. The molecule has 3 rings (SSSR count). The Morgan fingerprint density at radius 2 is 1.81 bits per heavy atom. The molecule has 7 heteroatoms. The molecule has 0 saturated heterocycles. The fraction of sp³-hybridized carbons (Fsp3) is 0.111.